The Hall–Kier alpha value is -1.37. The largest absolute Gasteiger partial charge is 0.332 e. The van der Waals surface area contributed by atoms with E-state index in [1.807, 2.05) is 6.92 Å². The van der Waals surface area contributed by atoms with Crippen LogP contribution in [0.5, 0.6) is 0 Å². The zero-order chi connectivity index (χ0) is 12.9. The van der Waals surface area contributed by atoms with E-state index >= 15 is 0 Å². The van der Waals surface area contributed by atoms with Crippen molar-refractivity contribution in [1.82, 2.24) is 14.7 Å². The van der Waals surface area contributed by atoms with Gasteiger partial charge in [0.2, 0.25) is 0 Å². The molecule has 2 aliphatic rings. The van der Waals surface area contributed by atoms with E-state index in [0.29, 0.717) is 25.2 Å². The number of aromatic nitrogens is 2. The highest BCUT2D eigenvalue weighted by atomic mass is 32.2. The molecule has 2 fully saturated rings. The molecule has 2 bridgehead atoms. The second kappa shape index (κ2) is 3.81. The Morgan fingerprint density at radius 2 is 2.33 bits per heavy atom. The lowest BCUT2D eigenvalue weighted by atomic mass is 10.2. The Kier molecular flexibility index (Phi) is 2.48. The predicted octanol–water partition coefficient (Wildman–Crippen LogP) is -0.0855. The molecular weight excluding hydrogens is 254 g/mol. The van der Waals surface area contributed by atoms with Crippen LogP contribution in [0.4, 0.5) is 0 Å². The lowest BCUT2D eigenvalue weighted by Crippen LogP contribution is -2.44. The van der Waals surface area contributed by atoms with Gasteiger partial charge in [-0.15, -0.1) is 0 Å². The molecule has 1 aromatic heterocycles. The third-order valence-corrected chi connectivity index (χ3v) is 6.01. The molecule has 18 heavy (non-hydrogen) atoms. The van der Waals surface area contributed by atoms with Gasteiger partial charge in [0, 0.05) is 25.3 Å². The van der Waals surface area contributed by atoms with Gasteiger partial charge >= 0.3 is 0 Å². The first-order valence-electron chi connectivity index (χ1n) is 6.07. The number of hydrogen-bond donors (Lipinski definition) is 0. The zero-order valence-electron chi connectivity index (χ0n) is 10.1. The molecule has 0 spiro atoms. The maximum atomic E-state index is 12.4. The van der Waals surface area contributed by atoms with E-state index in [1.54, 1.807) is 21.8 Å². The number of rotatable bonds is 2. The summed E-state index contributed by atoms with van der Waals surface area (Å²) in [5, 5.41) is 3.71. The average Bonchev–Trinajstić information content (AvgIpc) is 2.98. The highest BCUT2D eigenvalue weighted by molar-refractivity contribution is 7.92. The first kappa shape index (κ1) is 11.7. The molecule has 2 unspecified atom stereocenters. The van der Waals surface area contributed by atoms with E-state index in [4.69, 9.17) is 0 Å². The third kappa shape index (κ3) is 1.57. The van der Waals surface area contributed by atoms with Crippen molar-refractivity contribution in [3.8, 4) is 0 Å². The predicted molar refractivity (Wildman–Crippen MR) is 64.9 cm³/mol. The number of carbonyl (C=O) groups excluding carboxylic acids is 1. The lowest BCUT2D eigenvalue weighted by Gasteiger charge is -2.26. The van der Waals surface area contributed by atoms with Crippen LogP contribution < -0.4 is 0 Å². The van der Waals surface area contributed by atoms with Crippen molar-refractivity contribution in [3.05, 3.63) is 18.0 Å². The molecule has 3 heterocycles. The van der Waals surface area contributed by atoms with Crippen molar-refractivity contribution >= 4 is 15.7 Å². The third-order valence-electron chi connectivity index (χ3n) is 3.80. The van der Waals surface area contributed by atoms with Gasteiger partial charge < -0.3 is 4.90 Å². The number of nitrogens with zero attached hydrogens (tertiary/aromatic N) is 3. The van der Waals surface area contributed by atoms with Crippen LogP contribution in [0.2, 0.25) is 0 Å². The molecule has 7 heteroatoms. The van der Waals surface area contributed by atoms with Crippen molar-refractivity contribution in [1.29, 1.82) is 0 Å². The van der Waals surface area contributed by atoms with Gasteiger partial charge in [-0.2, -0.15) is 5.10 Å². The van der Waals surface area contributed by atoms with Crippen molar-refractivity contribution in [2.75, 3.05) is 12.3 Å². The average molecular weight is 269 g/mol. The van der Waals surface area contributed by atoms with Gasteiger partial charge in [0.15, 0.2) is 9.84 Å². The molecule has 0 N–H and O–H groups in total. The van der Waals surface area contributed by atoms with Crippen molar-refractivity contribution in [3.63, 3.8) is 0 Å². The second-order valence-electron chi connectivity index (χ2n) is 4.83. The van der Waals surface area contributed by atoms with Crippen LogP contribution in [0.15, 0.2) is 12.3 Å². The van der Waals surface area contributed by atoms with Crippen LogP contribution in [0.25, 0.3) is 0 Å². The molecule has 2 saturated heterocycles. The maximum Gasteiger partial charge on any atom is 0.272 e. The Balaban J connectivity index is 1.85. The minimum absolute atomic E-state index is 0.100. The van der Waals surface area contributed by atoms with Crippen LogP contribution in [0.3, 0.4) is 0 Å². The standard InChI is InChI=1S/C11H15N3O3S/c1-2-14-10(3-4-12-14)11(15)13-6-9-5-8(13)7-18(9,16)17/h3-4,8-9H,2,5-7H2,1H3. The molecule has 0 aliphatic carbocycles. The second-order valence-corrected chi connectivity index (χ2v) is 7.16. The SMILES string of the molecule is CCn1nccc1C(=O)N1CC2CC1CS2(=O)=O. The van der Waals surface area contributed by atoms with Crippen LogP contribution >= 0.6 is 0 Å². The van der Waals surface area contributed by atoms with Crippen LogP contribution in [0.1, 0.15) is 23.8 Å². The number of hydrogen-bond acceptors (Lipinski definition) is 4. The lowest BCUT2D eigenvalue weighted by molar-refractivity contribution is 0.0733. The summed E-state index contributed by atoms with van der Waals surface area (Å²) < 4.78 is 24.9. The molecular formula is C11H15N3O3S. The number of amides is 1. The molecule has 0 saturated carbocycles. The fourth-order valence-corrected chi connectivity index (χ4v) is 4.89. The quantitative estimate of drug-likeness (QED) is 0.752. The minimum atomic E-state index is -2.95. The fourth-order valence-electron chi connectivity index (χ4n) is 2.86. The Morgan fingerprint density at radius 3 is 2.89 bits per heavy atom. The smallest absolute Gasteiger partial charge is 0.272 e. The molecule has 98 valence electrons. The van der Waals surface area contributed by atoms with E-state index in [9.17, 15) is 13.2 Å². The molecule has 3 rings (SSSR count). The first-order valence-corrected chi connectivity index (χ1v) is 7.79. The van der Waals surface area contributed by atoms with E-state index < -0.39 is 9.84 Å². The minimum Gasteiger partial charge on any atom is -0.332 e. The number of sulfone groups is 1. The number of likely N-dealkylation sites (tertiary alicyclic amines) is 1. The number of aryl methyl sites for hydroxylation is 1. The summed E-state index contributed by atoms with van der Waals surface area (Å²) in [4.78, 5) is 14.0. The summed E-state index contributed by atoms with van der Waals surface area (Å²) in [5.74, 6) is 0.0145. The van der Waals surface area contributed by atoms with E-state index in [-0.39, 0.29) is 23.0 Å². The summed E-state index contributed by atoms with van der Waals surface area (Å²) in [6, 6.07) is 1.54. The van der Waals surface area contributed by atoms with Crippen molar-refractivity contribution in [2.24, 2.45) is 0 Å². The maximum absolute atomic E-state index is 12.4. The van der Waals surface area contributed by atoms with Gasteiger partial charge in [0.1, 0.15) is 5.69 Å². The molecule has 0 radical (unpaired) electrons. The topological polar surface area (TPSA) is 72.3 Å². The summed E-state index contributed by atoms with van der Waals surface area (Å²) in [6.07, 6.45) is 2.19. The van der Waals surface area contributed by atoms with Gasteiger partial charge in [0.25, 0.3) is 5.91 Å². The summed E-state index contributed by atoms with van der Waals surface area (Å²) in [7, 11) is -2.95. The van der Waals surface area contributed by atoms with Gasteiger partial charge in [-0.3, -0.25) is 9.48 Å². The van der Waals surface area contributed by atoms with Crippen molar-refractivity contribution < 1.29 is 13.2 Å². The highest BCUT2D eigenvalue weighted by Crippen LogP contribution is 2.33. The molecule has 0 aromatic carbocycles. The Morgan fingerprint density at radius 1 is 1.56 bits per heavy atom. The van der Waals surface area contributed by atoms with E-state index in [2.05, 4.69) is 5.10 Å². The van der Waals surface area contributed by atoms with Gasteiger partial charge in [0.05, 0.1) is 11.0 Å². The summed E-state index contributed by atoms with van der Waals surface area (Å²) in [6.45, 7) is 2.89. The number of fused-ring (bicyclic) bond motifs is 2. The highest BCUT2D eigenvalue weighted by Gasteiger charge is 2.50. The van der Waals surface area contributed by atoms with Gasteiger partial charge in [-0.25, -0.2) is 8.42 Å². The molecule has 6 nitrogen and oxygen atoms in total. The van der Waals surface area contributed by atoms with E-state index in [0.717, 1.165) is 0 Å². The molecule has 2 aliphatic heterocycles. The van der Waals surface area contributed by atoms with Crippen LogP contribution in [-0.4, -0.2) is 52.6 Å². The molecule has 1 aromatic rings. The first-order chi connectivity index (χ1) is 8.53. The molecule has 1 amide bonds. The summed E-state index contributed by atoms with van der Waals surface area (Å²) in [5.41, 5.74) is 0.544. The Bertz CT molecular complexity index is 592. The van der Waals surface area contributed by atoms with Crippen LogP contribution in [0, 0.1) is 0 Å². The molecule has 2 atom stereocenters. The van der Waals surface area contributed by atoms with E-state index in [1.165, 1.54) is 0 Å². The zero-order valence-corrected chi connectivity index (χ0v) is 10.9. The van der Waals surface area contributed by atoms with Crippen molar-refractivity contribution in [2.45, 2.75) is 31.2 Å². The normalized spacial score (nSPS) is 28.8. The van der Waals surface area contributed by atoms with Crippen LogP contribution in [-0.2, 0) is 16.4 Å². The fraction of sp³-hybridized carbons (Fsp3) is 0.636. The number of carbonyl (C=O) groups is 1. The van der Waals surface area contributed by atoms with Gasteiger partial charge in [-0.1, -0.05) is 0 Å². The monoisotopic (exact) mass is 269 g/mol. The summed E-state index contributed by atoms with van der Waals surface area (Å²) >= 11 is 0. The Labute approximate surface area is 105 Å². The van der Waals surface area contributed by atoms with Gasteiger partial charge in [-0.05, 0) is 19.4 Å².